The van der Waals surface area contributed by atoms with Crippen molar-refractivity contribution < 1.29 is 14.1 Å². The first kappa shape index (κ1) is 17.4. The molecule has 138 valence electrons. The van der Waals surface area contributed by atoms with Crippen LogP contribution in [0.3, 0.4) is 0 Å². The lowest BCUT2D eigenvalue weighted by atomic mass is 10.1. The van der Waals surface area contributed by atoms with E-state index >= 15 is 0 Å². The van der Waals surface area contributed by atoms with Crippen molar-refractivity contribution in [2.75, 3.05) is 5.32 Å². The molecule has 0 saturated heterocycles. The number of hydrogen-bond acceptors (Lipinski definition) is 5. The molecule has 1 amide bonds. The van der Waals surface area contributed by atoms with Gasteiger partial charge < -0.3 is 9.73 Å². The molecule has 7 nitrogen and oxygen atoms in total. The molecule has 0 fully saturated rings. The Balaban J connectivity index is 1.77. The monoisotopic (exact) mass is 373 g/mol. The SMILES string of the molecule is Cc1ccc(NC(=O)c2cc(-c3ccco3)nc3ccccc23)cc1[N+](=O)[O-]. The van der Waals surface area contributed by atoms with Gasteiger partial charge in [-0.25, -0.2) is 4.98 Å². The molecule has 7 heteroatoms. The number of nitrogens with one attached hydrogen (secondary N) is 1. The Hall–Kier alpha value is -4.00. The molecule has 0 unspecified atom stereocenters. The van der Waals surface area contributed by atoms with Gasteiger partial charge in [-0.2, -0.15) is 0 Å². The van der Waals surface area contributed by atoms with Crippen molar-refractivity contribution in [1.29, 1.82) is 0 Å². The number of hydrogen-bond donors (Lipinski definition) is 1. The predicted octanol–water partition coefficient (Wildman–Crippen LogP) is 4.96. The fourth-order valence-corrected chi connectivity index (χ4v) is 3.00. The van der Waals surface area contributed by atoms with E-state index in [0.29, 0.717) is 39.2 Å². The van der Waals surface area contributed by atoms with Crippen LogP contribution in [0.4, 0.5) is 11.4 Å². The van der Waals surface area contributed by atoms with E-state index in [2.05, 4.69) is 10.3 Å². The van der Waals surface area contributed by atoms with Gasteiger partial charge in [0.25, 0.3) is 11.6 Å². The van der Waals surface area contributed by atoms with Crippen molar-refractivity contribution in [2.45, 2.75) is 6.92 Å². The third-order valence-electron chi connectivity index (χ3n) is 4.40. The van der Waals surface area contributed by atoms with Crippen molar-refractivity contribution in [2.24, 2.45) is 0 Å². The van der Waals surface area contributed by atoms with Crippen LogP contribution >= 0.6 is 0 Å². The second kappa shape index (κ2) is 6.96. The average molecular weight is 373 g/mol. The summed E-state index contributed by atoms with van der Waals surface area (Å²) in [5.74, 6) is 0.162. The van der Waals surface area contributed by atoms with E-state index in [0.717, 1.165) is 0 Å². The molecular weight excluding hydrogens is 358 g/mol. The van der Waals surface area contributed by atoms with E-state index < -0.39 is 4.92 Å². The van der Waals surface area contributed by atoms with Crippen LogP contribution in [0.5, 0.6) is 0 Å². The fourth-order valence-electron chi connectivity index (χ4n) is 3.00. The number of nitro benzene ring substituents is 1. The van der Waals surface area contributed by atoms with Gasteiger partial charge in [0.1, 0.15) is 5.69 Å². The Morgan fingerprint density at radius 1 is 1.11 bits per heavy atom. The fraction of sp³-hybridized carbons (Fsp3) is 0.0476. The number of pyridine rings is 1. The number of fused-ring (bicyclic) bond motifs is 1. The lowest BCUT2D eigenvalue weighted by Gasteiger charge is -2.10. The molecule has 2 aromatic carbocycles. The summed E-state index contributed by atoms with van der Waals surface area (Å²) in [6.07, 6.45) is 1.54. The van der Waals surface area contributed by atoms with Gasteiger partial charge in [-0.15, -0.1) is 0 Å². The molecule has 0 radical (unpaired) electrons. The number of rotatable bonds is 4. The zero-order valence-electron chi connectivity index (χ0n) is 14.9. The van der Waals surface area contributed by atoms with Gasteiger partial charge in [0, 0.05) is 22.7 Å². The maximum absolute atomic E-state index is 13.0. The third-order valence-corrected chi connectivity index (χ3v) is 4.40. The number of anilines is 1. The van der Waals surface area contributed by atoms with Gasteiger partial charge in [0.2, 0.25) is 0 Å². The van der Waals surface area contributed by atoms with Crippen molar-refractivity contribution in [3.05, 3.63) is 88.2 Å². The quantitative estimate of drug-likeness (QED) is 0.402. The third kappa shape index (κ3) is 3.21. The van der Waals surface area contributed by atoms with Crippen LogP contribution in [-0.4, -0.2) is 15.8 Å². The number of aromatic nitrogens is 1. The molecule has 1 N–H and O–H groups in total. The van der Waals surface area contributed by atoms with E-state index in [-0.39, 0.29) is 11.6 Å². The molecule has 0 aliphatic heterocycles. The summed E-state index contributed by atoms with van der Waals surface area (Å²) in [4.78, 5) is 28.2. The summed E-state index contributed by atoms with van der Waals surface area (Å²) < 4.78 is 5.41. The number of furan rings is 1. The highest BCUT2D eigenvalue weighted by molar-refractivity contribution is 6.13. The largest absolute Gasteiger partial charge is 0.463 e. The topological polar surface area (TPSA) is 98.3 Å². The number of carbonyl (C=O) groups is 1. The standard InChI is InChI=1S/C21H15N3O4/c1-13-8-9-14(11-19(13)24(26)27)22-21(25)16-12-18(20-7-4-10-28-20)23-17-6-3-2-5-15(16)17/h2-12H,1H3,(H,22,25). The molecule has 4 aromatic rings. The second-order valence-corrected chi connectivity index (χ2v) is 6.26. The lowest BCUT2D eigenvalue weighted by Crippen LogP contribution is -2.13. The van der Waals surface area contributed by atoms with Crippen molar-refractivity contribution in [3.63, 3.8) is 0 Å². The van der Waals surface area contributed by atoms with Crippen LogP contribution in [-0.2, 0) is 0 Å². The molecule has 2 aromatic heterocycles. The van der Waals surface area contributed by atoms with Crippen LogP contribution in [0.1, 0.15) is 15.9 Å². The van der Waals surface area contributed by atoms with Crippen LogP contribution < -0.4 is 5.32 Å². The Morgan fingerprint density at radius 2 is 1.93 bits per heavy atom. The number of amides is 1. The van der Waals surface area contributed by atoms with Crippen molar-refractivity contribution >= 4 is 28.2 Å². The molecule has 0 spiro atoms. The zero-order valence-corrected chi connectivity index (χ0v) is 14.9. The first-order valence-electron chi connectivity index (χ1n) is 8.53. The Bertz CT molecular complexity index is 1200. The summed E-state index contributed by atoms with van der Waals surface area (Å²) >= 11 is 0. The smallest absolute Gasteiger partial charge is 0.274 e. The Morgan fingerprint density at radius 3 is 2.68 bits per heavy atom. The maximum atomic E-state index is 13.0. The Kier molecular flexibility index (Phi) is 4.33. The first-order valence-corrected chi connectivity index (χ1v) is 8.53. The first-order chi connectivity index (χ1) is 13.5. The van der Waals surface area contributed by atoms with Gasteiger partial charge in [0.05, 0.1) is 22.3 Å². The van der Waals surface area contributed by atoms with Crippen LogP contribution in [0.15, 0.2) is 71.3 Å². The van der Waals surface area contributed by atoms with E-state index in [4.69, 9.17) is 4.42 Å². The number of benzene rings is 2. The van der Waals surface area contributed by atoms with Crippen molar-refractivity contribution in [3.8, 4) is 11.5 Å². The van der Waals surface area contributed by atoms with Gasteiger partial charge in [-0.05, 0) is 37.3 Å². The summed E-state index contributed by atoms with van der Waals surface area (Å²) in [5.41, 5.74) is 2.41. The summed E-state index contributed by atoms with van der Waals surface area (Å²) in [5, 5.41) is 14.6. The highest BCUT2D eigenvalue weighted by atomic mass is 16.6. The number of nitrogens with zero attached hydrogens (tertiary/aromatic N) is 2. The maximum Gasteiger partial charge on any atom is 0.274 e. The molecule has 0 bridgehead atoms. The highest BCUT2D eigenvalue weighted by Gasteiger charge is 2.17. The van der Waals surface area contributed by atoms with Crippen LogP contribution in [0.2, 0.25) is 0 Å². The molecule has 0 atom stereocenters. The van der Waals surface area contributed by atoms with E-state index in [1.54, 1.807) is 43.3 Å². The zero-order chi connectivity index (χ0) is 19.7. The van der Waals surface area contributed by atoms with E-state index in [9.17, 15) is 14.9 Å². The number of para-hydroxylation sites is 1. The van der Waals surface area contributed by atoms with Crippen molar-refractivity contribution in [1.82, 2.24) is 4.98 Å². The normalized spacial score (nSPS) is 10.8. The van der Waals surface area contributed by atoms with E-state index in [1.807, 2.05) is 18.2 Å². The highest BCUT2D eigenvalue weighted by Crippen LogP contribution is 2.27. The average Bonchev–Trinajstić information content (AvgIpc) is 3.23. The summed E-state index contributed by atoms with van der Waals surface area (Å²) in [7, 11) is 0. The minimum absolute atomic E-state index is 0.0475. The molecule has 2 heterocycles. The molecule has 4 rings (SSSR count). The Labute approximate surface area is 159 Å². The van der Waals surface area contributed by atoms with Gasteiger partial charge in [-0.1, -0.05) is 24.3 Å². The number of carbonyl (C=O) groups excluding carboxylic acids is 1. The van der Waals surface area contributed by atoms with E-state index in [1.165, 1.54) is 12.3 Å². The molecule has 28 heavy (non-hydrogen) atoms. The van der Waals surface area contributed by atoms with Gasteiger partial charge >= 0.3 is 0 Å². The van der Waals surface area contributed by atoms with Gasteiger partial charge in [0.15, 0.2) is 5.76 Å². The minimum Gasteiger partial charge on any atom is -0.463 e. The lowest BCUT2D eigenvalue weighted by molar-refractivity contribution is -0.385. The number of nitro groups is 1. The molecular formula is C21H15N3O4. The predicted molar refractivity (Wildman–Crippen MR) is 105 cm³/mol. The summed E-state index contributed by atoms with van der Waals surface area (Å²) in [6.45, 7) is 1.65. The minimum atomic E-state index is -0.470. The molecule has 0 aliphatic rings. The van der Waals surface area contributed by atoms with Crippen LogP contribution in [0, 0.1) is 17.0 Å². The summed E-state index contributed by atoms with van der Waals surface area (Å²) in [6, 6.07) is 17.0. The van der Waals surface area contributed by atoms with Crippen LogP contribution in [0.25, 0.3) is 22.4 Å². The van der Waals surface area contributed by atoms with Gasteiger partial charge in [-0.3, -0.25) is 14.9 Å². The molecule has 0 saturated carbocycles. The second-order valence-electron chi connectivity index (χ2n) is 6.26. The number of aryl methyl sites for hydroxylation is 1. The molecule has 0 aliphatic carbocycles.